The van der Waals surface area contributed by atoms with Gasteiger partial charge in [0.1, 0.15) is 5.75 Å². The summed E-state index contributed by atoms with van der Waals surface area (Å²) in [7, 11) is 3.69. The Morgan fingerprint density at radius 3 is 2.18 bits per heavy atom. The number of hydrogen-bond donors (Lipinski definition) is 0. The molecule has 0 bridgehead atoms. The molecule has 0 aromatic heterocycles. The van der Waals surface area contributed by atoms with Crippen LogP contribution in [-0.4, -0.2) is 38.5 Å². The van der Waals surface area contributed by atoms with Gasteiger partial charge < -0.3 is 18.9 Å². The molecule has 1 saturated carbocycles. The topological polar surface area (TPSA) is 30.9 Å². The van der Waals surface area contributed by atoms with Crippen molar-refractivity contribution < 1.29 is 14.0 Å². The standard InChI is InChI=1S/C17H26BNO3/c1-16(2)17(3,4)22-18(21-16)14-10-7-12(19(5)6)11-15(14)20-13-8-9-13/h7,10-11,13H,8-9H2,1-6H3. The van der Waals surface area contributed by atoms with Crippen molar-refractivity contribution in [2.24, 2.45) is 0 Å². The zero-order valence-corrected chi connectivity index (χ0v) is 14.5. The van der Waals surface area contributed by atoms with Gasteiger partial charge in [0.2, 0.25) is 0 Å². The third kappa shape index (κ3) is 2.84. The fraction of sp³-hybridized carbons (Fsp3) is 0.647. The van der Waals surface area contributed by atoms with Crippen LogP contribution in [0.3, 0.4) is 0 Å². The van der Waals surface area contributed by atoms with Gasteiger partial charge in [-0.1, -0.05) is 6.07 Å². The lowest BCUT2D eigenvalue weighted by atomic mass is 9.78. The summed E-state index contributed by atoms with van der Waals surface area (Å²) >= 11 is 0. The third-order valence-electron chi connectivity index (χ3n) is 4.84. The number of anilines is 1. The predicted molar refractivity (Wildman–Crippen MR) is 90.1 cm³/mol. The van der Waals surface area contributed by atoms with Crippen molar-refractivity contribution in [3.05, 3.63) is 18.2 Å². The maximum Gasteiger partial charge on any atom is 0.498 e. The van der Waals surface area contributed by atoms with Crippen LogP contribution in [0.2, 0.25) is 0 Å². The molecule has 1 aromatic rings. The fourth-order valence-electron chi connectivity index (χ4n) is 2.43. The summed E-state index contributed by atoms with van der Waals surface area (Å²) in [4.78, 5) is 2.08. The molecule has 0 atom stereocenters. The molecule has 1 heterocycles. The van der Waals surface area contributed by atoms with Crippen molar-refractivity contribution in [3.63, 3.8) is 0 Å². The molecule has 2 aliphatic rings. The third-order valence-corrected chi connectivity index (χ3v) is 4.84. The molecule has 1 aliphatic heterocycles. The molecule has 1 aromatic carbocycles. The van der Waals surface area contributed by atoms with E-state index >= 15 is 0 Å². The summed E-state index contributed by atoms with van der Waals surface area (Å²) in [5.41, 5.74) is 1.43. The van der Waals surface area contributed by atoms with Gasteiger partial charge in [-0.2, -0.15) is 0 Å². The summed E-state index contributed by atoms with van der Waals surface area (Å²) in [5.74, 6) is 0.882. The van der Waals surface area contributed by atoms with Gasteiger partial charge in [0.05, 0.1) is 17.3 Å². The van der Waals surface area contributed by atoms with E-state index < -0.39 is 0 Å². The number of ether oxygens (including phenoxy) is 1. The van der Waals surface area contributed by atoms with Crippen molar-refractivity contribution in [2.45, 2.75) is 57.8 Å². The molecule has 0 unspecified atom stereocenters. The second-order valence-electron chi connectivity index (χ2n) is 7.52. The van der Waals surface area contributed by atoms with Crippen LogP contribution in [0.1, 0.15) is 40.5 Å². The second-order valence-corrected chi connectivity index (χ2v) is 7.52. The fourth-order valence-corrected chi connectivity index (χ4v) is 2.43. The number of rotatable bonds is 4. The molecule has 2 fully saturated rings. The summed E-state index contributed by atoms with van der Waals surface area (Å²) < 4.78 is 18.5. The molecule has 120 valence electrons. The highest BCUT2D eigenvalue weighted by atomic mass is 16.7. The van der Waals surface area contributed by atoms with E-state index in [1.165, 1.54) is 0 Å². The average molecular weight is 303 g/mol. The summed E-state index contributed by atoms with van der Waals surface area (Å²) in [6.45, 7) is 8.29. The van der Waals surface area contributed by atoms with Gasteiger partial charge in [0.15, 0.2) is 0 Å². The molecular weight excluding hydrogens is 277 g/mol. The largest absolute Gasteiger partial charge is 0.498 e. The maximum absolute atomic E-state index is 6.18. The van der Waals surface area contributed by atoms with Crippen LogP contribution >= 0.6 is 0 Å². The van der Waals surface area contributed by atoms with Gasteiger partial charge in [-0.25, -0.2) is 0 Å². The molecule has 0 amide bonds. The molecule has 5 heteroatoms. The van der Waals surface area contributed by atoms with Gasteiger partial charge >= 0.3 is 7.12 Å². The summed E-state index contributed by atoms with van der Waals surface area (Å²) in [5, 5.41) is 0. The Labute approximate surface area is 133 Å². The SMILES string of the molecule is CN(C)c1ccc(B2OC(C)(C)C(C)(C)O2)c(OC2CC2)c1. The monoisotopic (exact) mass is 303 g/mol. The van der Waals surface area contributed by atoms with Gasteiger partial charge in [-0.3, -0.25) is 0 Å². The molecule has 3 rings (SSSR count). The smallest absolute Gasteiger partial charge is 0.491 e. The van der Waals surface area contributed by atoms with Crippen molar-refractivity contribution in [1.82, 2.24) is 0 Å². The van der Waals surface area contributed by atoms with E-state index in [0.29, 0.717) is 6.10 Å². The van der Waals surface area contributed by atoms with Crippen LogP contribution < -0.4 is 15.1 Å². The zero-order valence-electron chi connectivity index (χ0n) is 14.5. The minimum atomic E-state index is -0.380. The van der Waals surface area contributed by atoms with E-state index in [1.807, 2.05) is 14.1 Å². The van der Waals surface area contributed by atoms with E-state index in [9.17, 15) is 0 Å². The first-order valence-corrected chi connectivity index (χ1v) is 8.03. The Morgan fingerprint density at radius 2 is 1.68 bits per heavy atom. The Kier molecular flexibility index (Phi) is 3.69. The van der Waals surface area contributed by atoms with E-state index in [-0.39, 0.29) is 18.3 Å². The van der Waals surface area contributed by atoms with Crippen LogP contribution in [-0.2, 0) is 9.31 Å². The predicted octanol–water partition coefficient (Wildman–Crippen LogP) is 2.59. The highest BCUT2D eigenvalue weighted by Crippen LogP contribution is 2.38. The Bertz CT molecular complexity index is 551. The van der Waals surface area contributed by atoms with Gasteiger partial charge in [0, 0.05) is 31.3 Å². The van der Waals surface area contributed by atoms with Gasteiger partial charge in [-0.05, 0) is 46.6 Å². The lowest BCUT2D eigenvalue weighted by Gasteiger charge is -2.32. The van der Waals surface area contributed by atoms with Crippen LogP contribution in [0.5, 0.6) is 5.75 Å². The average Bonchev–Trinajstić information content (AvgIpc) is 3.17. The molecule has 0 spiro atoms. The van der Waals surface area contributed by atoms with Crippen molar-refractivity contribution in [3.8, 4) is 5.75 Å². The lowest BCUT2D eigenvalue weighted by Crippen LogP contribution is -2.41. The molecule has 22 heavy (non-hydrogen) atoms. The van der Waals surface area contributed by atoms with E-state index in [4.69, 9.17) is 14.0 Å². The van der Waals surface area contributed by atoms with Crippen molar-refractivity contribution in [1.29, 1.82) is 0 Å². The maximum atomic E-state index is 6.18. The lowest BCUT2D eigenvalue weighted by molar-refractivity contribution is 0.00578. The zero-order chi connectivity index (χ0) is 16.1. The molecular formula is C17H26BNO3. The normalized spacial score (nSPS) is 22.7. The van der Waals surface area contributed by atoms with E-state index in [2.05, 4.69) is 50.8 Å². The minimum absolute atomic E-state index is 0.339. The first kappa shape index (κ1) is 15.7. The van der Waals surface area contributed by atoms with Crippen LogP contribution in [0.25, 0.3) is 0 Å². The van der Waals surface area contributed by atoms with Crippen LogP contribution in [0, 0.1) is 0 Å². The Balaban J connectivity index is 1.92. The molecule has 1 saturated heterocycles. The Morgan fingerprint density at radius 1 is 1.09 bits per heavy atom. The van der Waals surface area contributed by atoms with Crippen LogP contribution in [0.15, 0.2) is 18.2 Å². The van der Waals surface area contributed by atoms with Crippen molar-refractivity contribution in [2.75, 3.05) is 19.0 Å². The highest BCUT2D eigenvalue weighted by Gasteiger charge is 2.52. The molecule has 0 N–H and O–H groups in total. The van der Waals surface area contributed by atoms with Gasteiger partial charge in [0.25, 0.3) is 0 Å². The Hall–Kier alpha value is -1.20. The minimum Gasteiger partial charge on any atom is -0.491 e. The van der Waals surface area contributed by atoms with Crippen LogP contribution in [0.4, 0.5) is 5.69 Å². The quantitative estimate of drug-likeness (QED) is 0.800. The first-order chi connectivity index (χ1) is 10.2. The van der Waals surface area contributed by atoms with E-state index in [0.717, 1.165) is 29.7 Å². The molecule has 4 nitrogen and oxygen atoms in total. The number of nitrogens with zero attached hydrogens (tertiary/aromatic N) is 1. The molecule has 1 aliphatic carbocycles. The molecule has 0 radical (unpaired) electrons. The second kappa shape index (κ2) is 5.17. The van der Waals surface area contributed by atoms with Gasteiger partial charge in [-0.15, -0.1) is 0 Å². The van der Waals surface area contributed by atoms with Crippen molar-refractivity contribution >= 4 is 18.3 Å². The van der Waals surface area contributed by atoms with E-state index in [1.54, 1.807) is 0 Å². The first-order valence-electron chi connectivity index (χ1n) is 8.03. The highest BCUT2D eigenvalue weighted by molar-refractivity contribution is 6.63. The summed E-state index contributed by atoms with van der Waals surface area (Å²) in [6.07, 6.45) is 2.61. The number of benzene rings is 1. The summed E-state index contributed by atoms with van der Waals surface area (Å²) in [6, 6.07) is 6.23. The number of hydrogen-bond acceptors (Lipinski definition) is 4.